The highest BCUT2D eigenvalue weighted by Gasteiger charge is 2.23. The molecule has 0 saturated heterocycles. The van der Waals surface area contributed by atoms with E-state index in [-0.39, 0.29) is 11.2 Å². The first kappa shape index (κ1) is 15.7. The number of rotatable bonds is 5. The maximum absolute atomic E-state index is 12.4. The highest BCUT2D eigenvalue weighted by atomic mass is 35.5. The van der Waals surface area contributed by atoms with Gasteiger partial charge in [0.2, 0.25) is 5.91 Å². The number of hydrogen-bond donors (Lipinski definition) is 1. The van der Waals surface area contributed by atoms with Crippen LogP contribution in [0.1, 0.15) is 45.4 Å². The minimum Gasteiger partial charge on any atom is -0.325 e. The molecule has 1 saturated carbocycles. The van der Waals surface area contributed by atoms with Gasteiger partial charge in [-0.05, 0) is 37.5 Å². The molecule has 1 fully saturated rings. The lowest BCUT2D eigenvalue weighted by molar-refractivity contribution is -0.115. The molecule has 1 aromatic rings. The van der Waals surface area contributed by atoms with E-state index in [4.69, 9.17) is 11.6 Å². The van der Waals surface area contributed by atoms with E-state index in [1.165, 1.54) is 32.1 Å². The second kappa shape index (κ2) is 7.94. The summed E-state index contributed by atoms with van der Waals surface area (Å²) in [5.41, 5.74) is 0.783. The zero-order valence-corrected chi connectivity index (χ0v) is 13.5. The van der Waals surface area contributed by atoms with Crippen molar-refractivity contribution in [1.82, 2.24) is 0 Å². The van der Waals surface area contributed by atoms with Gasteiger partial charge in [0, 0.05) is 16.0 Å². The van der Waals surface area contributed by atoms with Gasteiger partial charge in [0.25, 0.3) is 0 Å². The van der Waals surface area contributed by atoms with Crippen molar-refractivity contribution in [1.29, 1.82) is 0 Å². The molecule has 1 aromatic carbocycles. The van der Waals surface area contributed by atoms with Crippen LogP contribution in [0.2, 0.25) is 5.02 Å². The third-order valence-electron chi connectivity index (χ3n) is 3.66. The van der Waals surface area contributed by atoms with Crippen molar-refractivity contribution in [3.63, 3.8) is 0 Å². The average Bonchev–Trinajstić information content (AvgIpc) is 2.45. The molecule has 0 aliphatic heterocycles. The molecule has 20 heavy (non-hydrogen) atoms. The summed E-state index contributed by atoms with van der Waals surface area (Å²) in [6, 6.07) is 7.33. The van der Waals surface area contributed by atoms with Crippen molar-refractivity contribution < 1.29 is 4.79 Å². The maximum Gasteiger partial charge on any atom is 0.237 e. The van der Waals surface area contributed by atoms with Crippen molar-refractivity contribution in [2.24, 2.45) is 0 Å². The molecule has 0 bridgehead atoms. The van der Waals surface area contributed by atoms with Gasteiger partial charge in [-0.15, -0.1) is 11.8 Å². The van der Waals surface area contributed by atoms with Crippen LogP contribution in [0.15, 0.2) is 24.3 Å². The highest BCUT2D eigenvalue weighted by Crippen LogP contribution is 2.32. The van der Waals surface area contributed by atoms with E-state index in [0.29, 0.717) is 10.3 Å². The first-order valence-corrected chi connectivity index (χ1v) is 8.73. The van der Waals surface area contributed by atoms with E-state index in [1.807, 2.05) is 30.0 Å². The average molecular weight is 312 g/mol. The maximum atomic E-state index is 12.4. The number of thioether (sulfide) groups is 1. The summed E-state index contributed by atoms with van der Waals surface area (Å²) in [5, 5.41) is 4.32. The molecule has 4 heteroatoms. The fourth-order valence-corrected chi connectivity index (χ4v) is 4.20. The van der Waals surface area contributed by atoms with E-state index in [9.17, 15) is 4.79 Å². The molecule has 0 heterocycles. The molecule has 0 radical (unpaired) electrons. The van der Waals surface area contributed by atoms with E-state index >= 15 is 0 Å². The summed E-state index contributed by atoms with van der Waals surface area (Å²) < 4.78 is 0. The van der Waals surface area contributed by atoms with Crippen LogP contribution in [0.4, 0.5) is 5.69 Å². The normalized spacial score (nSPS) is 17.7. The molecular formula is C16H22ClNOS. The third-order valence-corrected chi connectivity index (χ3v) is 5.63. The van der Waals surface area contributed by atoms with Crippen molar-refractivity contribution in [3.05, 3.63) is 29.3 Å². The van der Waals surface area contributed by atoms with Crippen LogP contribution in [0, 0.1) is 0 Å². The lowest BCUT2D eigenvalue weighted by atomic mass is 10.0. The predicted molar refractivity (Wildman–Crippen MR) is 88.6 cm³/mol. The topological polar surface area (TPSA) is 29.1 Å². The van der Waals surface area contributed by atoms with Gasteiger partial charge in [-0.1, -0.05) is 43.9 Å². The van der Waals surface area contributed by atoms with E-state index in [0.717, 1.165) is 12.1 Å². The number of benzene rings is 1. The monoisotopic (exact) mass is 311 g/mol. The van der Waals surface area contributed by atoms with E-state index in [1.54, 1.807) is 6.07 Å². The van der Waals surface area contributed by atoms with Gasteiger partial charge in [-0.3, -0.25) is 4.79 Å². The quantitative estimate of drug-likeness (QED) is 0.817. The van der Waals surface area contributed by atoms with Crippen LogP contribution >= 0.6 is 23.4 Å². The van der Waals surface area contributed by atoms with Gasteiger partial charge < -0.3 is 5.32 Å². The summed E-state index contributed by atoms with van der Waals surface area (Å²) in [6.45, 7) is 2.08. The van der Waals surface area contributed by atoms with Gasteiger partial charge in [0.1, 0.15) is 0 Å². The Morgan fingerprint density at radius 2 is 2.15 bits per heavy atom. The third kappa shape index (κ3) is 4.71. The molecule has 1 aliphatic carbocycles. The Morgan fingerprint density at radius 1 is 1.40 bits per heavy atom. The molecule has 1 N–H and O–H groups in total. The SMILES string of the molecule is CCC(SC1CCCCC1)C(=O)Nc1cccc(Cl)c1. The summed E-state index contributed by atoms with van der Waals surface area (Å²) in [5.74, 6) is 0.102. The van der Waals surface area contributed by atoms with Gasteiger partial charge in [-0.2, -0.15) is 0 Å². The molecule has 1 unspecified atom stereocenters. The first-order valence-electron chi connectivity index (χ1n) is 7.41. The molecule has 110 valence electrons. The molecule has 1 aliphatic rings. The van der Waals surface area contributed by atoms with Crippen molar-refractivity contribution >= 4 is 35.0 Å². The second-order valence-electron chi connectivity index (χ2n) is 5.29. The van der Waals surface area contributed by atoms with E-state index in [2.05, 4.69) is 12.2 Å². The molecular weight excluding hydrogens is 290 g/mol. The first-order chi connectivity index (χ1) is 9.69. The van der Waals surface area contributed by atoms with Crippen LogP contribution < -0.4 is 5.32 Å². The highest BCUT2D eigenvalue weighted by molar-refractivity contribution is 8.01. The number of hydrogen-bond acceptors (Lipinski definition) is 2. The Kier molecular flexibility index (Phi) is 6.24. The van der Waals surface area contributed by atoms with Crippen LogP contribution in [0.5, 0.6) is 0 Å². The van der Waals surface area contributed by atoms with Crippen molar-refractivity contribution in [2.45, 2.75) is 55.9 Å². The standard InChI is InChI=1S/C16H22ClNOS/c1-2-15(20-14-9-4-3-5-10-14)16(19)18-13-8-6-7-12(17)11-13/h6-8,11,14-15H,2-5,9-10H2,1H3,(H,18,19). The molecule has 2 rings (SSSR count). The summed E-state index contributed by atoms with van der Waals surface area (Å²) in [7, 11) is 0. The Morgan fingerprint density at radius 3 is 2.80 bits per heavy atom. The molecule has 2 nitrogen and oxygen atoms in total. The number of anilines is 1. The summed E-state index contributed by atoms with van der Waals surface area (Å²) in [6.07, 6.45) is 7.35. The van der Waals surface area contributed by atoms with Crippen LogP contribution in [0.3, 0.4) is 0 Å². The van der Waals surface area contributed by atoms with Crippen molar-refractivity contribution in [2.75, 3.05) is 5.32 Å². The molecule has 0 aromatic heterocycles. The molecule has 1 atom stereocenters. The van der Waals surface area contributed by atoms with Crippen LogP contribution in [0.25, 0.3) is 0 Å². The minimum absolute atomic E-state index is 0.0390. The Bertz CT molecular complexity index is 446. The fraction of sp³-hybridized carbons (Fsp3) is 0.562. The lowest BCUT2D eigenvalue weighted by Gasteiger charge is -2.25. The zero-order chi connectivity index (χ0) is 14.4. The molecule has 1 amide bonds. The number of nitrogens with one attached hydrogen (secondary N) is 1. The minimum atomic E-state index is 0.0390. The zero-order valence-electron chi connectivity index (χ0n) is 11.9. The van der Waals surface area contributed by atoms with Gasteiger partial charge >= 0.3 is 0 Å². The largest absolute Gasteiger partial charge is 0.325 e. The smallest absolute Gasteiger partial charge is 0.237 e. The Balaban J connectivity index is 1.91. The number of amides is 1. The van der Waals surface area contributed by atoms with Crippen molar-refractivity contribution in [3.8, 4) is 0 Å². The molecule has 0 spiro atoms. The van der Waals surface area contributed by atoms with E-state index < -0.39 is 0 Å². The second-order valence-corrected chi connectivity index (χ2v) is 7.24. The Hall–Kier alpha value is -0.670. The van der Waals surface area contributed by atoms with Crippen LogP contribution in [-0.4, -0.2) is 16.4 Å². The fourth-order valence-electron chi connectivity index (χ4n) is 2.57. The van der Waals surface area contributed by atoms with Gasteiger partial charge in [0.05, 0.1) is 5.25 Å². The summed E-state index contributed by atoms with van der Waals surface area (Å²) >= 11 is 7.79. The number of carbonyl (C=O) groups is 1. The Labute approximate surface area is 130 Å². The summed E-state index contributed by atoms with van der Waals surface area (Å²) in [4.78, 5) is 12.4. The van der Waals surface area contributed by atoms with Gasteiger partial charge in [-0.25, -0.2) is 0 Å². The number of halogens is 1. The predicted octanol–water partition coefficient (Wildman–Crippen LogP) is 5.12. The van der Waals surface area contributed by atoms with Crippen LogP contribution in [-0.2, 0) is 4.79 Å². The van der Waals surface area contributed by atoms with Gasteiger partial charge in [0.15, 0.2) is 0 Å². The number of carbonyl (C=O) groups excluding carboxylic acids is 1. The lowest BCUT2D eigenvalue weighted by Crippen LogP contribution is -2.27.